The maximum absolute atomic E-state index is 10.3. The molecule has 29 heavy (non-hydrogen) atoms. The summed E-state index contributed by atoms with van der Waals surface area (Å²) in [5.41, 5.74) is 1.90. The molecule has 4 atom stereocenters. The van der Waals surface area contributed by atoms with Gasteiger partial charge in [0.05, 0.1) is 12.9 Å². The molecule has 0 aliphatic carbocycles. The van der Waals surface area contributed by atoms with Crippen LogP contribution in [0.1, 0.15) is 25.6 Å². The largest absolute Gasteiger partial charge is 0.394 e. The van der Waals surface area contributed by atoms with Crippen LogP contribution in [0, 0.1) is 0 Å². The number of nitrogens with one attached hydrogen (secondary N) is 1. The van der Waals surface area contributed by atoms with E-state index in [2.05, 4.69) is 46.2 Å². The van der Waals surface area contributed by atoms with Crippen LogP contribution in [0.15, 0.2) is 43.0 Å². The van der Waals surface area contributed by atoms with Crippen LogP contribution in [0.4, 0.5) is 5.82 Å². The lowest BCUT2D eigenvalue weighted by molar-refractivity contribution is -0.0511. The SMILES string of the molecule is CC(C)(Cc1ccccc1)Nc1ncnc2c1ncn2C1OC(CO)C(O)C1O. The monoisotopic (exact) mass is 399 g/mol. The summed E-state index contributed by atoms with van der Waals surface area (Å²) < 4.78 is 7.15. The molecule has 0 amide bonds. The van der Waals surface area contributed by atoms with E-state index in [0.29, 0.717) is 17.0 Å². The molecule has 1 aliphatic rings. The van der Waals surface area contributed by atoms with E-state index >= 15 is 0 Å². The van der Waals surface area contributed by atoms with Crippen LogP contribution in [0.2, 0.25) is 0 Å². The molecule has 9 heteroatoms. The van der Waals surface area contributed by atoms with Gasteiger partial charge in [0.2, 0.25) is 0 Å². The summed E-state index contributed by atoms with van der Waals surface area (Å²) in [5.74, 6) is 0.571. The molecule has 3 heterocycles. The standard InChI is InChI=1S/C20H25N5O4/c1-20(2,8-12-6-4-3-5-7-12)24-17-14-18(22-10-21-17)25(11-23-14)19-16(28)15(27)13(9-26)29-19/h3-7,10-11,13,15-16,19,26-28H,8-9H2,1-2H3,(H,21,22,24). The lowest BCUT2D eigenvalue weighted by Crippen LogP contribution is -2.34. The van der Waals surface area contributed by atoms with Gasteiger partial charge in [-0.25, -0.2) is 15.0 Å². The van der Waals surface area contributed by atoms with Crippen LogP contribution in [-0.2, 0) is 11.2 Å². The van der Waals surface area contributed by atoms with Gasteiger partial charge in [-0.15, -0.1) is 0 Å². The van der Waals surface area contributed by atoms with E-state index in [0.717, 1.165) is 6.42 Å². The zero-order valence-electron chi connectivity index (χ0n) is 16.3. The van der Waals surface area contributed by atoms with E-state index in [1.165, 1.54) is 18.2 Å². The van der Waals surface area contributed by atoms with Crippen molar-refractivity contribution in [2.75, 3.05) is 11.9 Å². The maximum atomic E-state index is 10.3. The molecule has 4 unspecified atom stereocenters. The van der Waals surface area contributed by atoms with Crippen LogP contribution in [-0.4, -0.2) is 65.3 Å². The Morgan fingerprint density at radius 2 is 1.86 bits per heavy atom. The van der Waals surface area contributed by atoms with Crippen LogP contribution in [0.25, 0.3) is 11.2 Å². The van der Waals surface area contributed by atoms with E-state index < -0.39 is 31.1 Å². The van der Waals surface area contributed by atoms with Gasteiger partial charge in [0, 0.05) is 5.54 Å². The van der Waals surface area contributed by atoms with Crippen molar-refractivity contribution in [3.8, 4) is 0 Å². The molecule has 0 spiro atoms. The van der Waals surface area contributed by atoms with Crippen LogP contribution in [0.5, 0.6) is 0 Å². The number of hydrogen-bond donors (Lipinski definition) is 4. The van der Waals surface area contributed by atoms with Gasteiger partial charge in [-0.05, 0) is 25.8 Å². The Morgan fingerprint density at radius 3 is 2.55 bits per heavy atom. The number of rotatable bonds is 6. The van der Waals surface area contributed by atoms with Crippen LogP contribution < -0.4 is 5.32 Å². The van der Waals surface area contributed by atoms with Crippen LogP contribution >= 0.6 is 0 Å². The van der Waals surface area contributed by atoms with E-state index in [1.807, 2.05) is 18.2 Å². The Morgan fingerprint density at radius 1 is 1.10 bits per heavy atom. The highest BCUT2D eigenvalue weighted by Crippen LogP contribution is 2.32. The number of aliphatic hydroxyl groups is 3. The molecule has 1 aromatic carbocycles. The highest BCUT2D eigenvalue weighted by atomic mass is 16.6. The van der Waals surface area contributed by atoms with Gasteiger partial charge in [-0.3, -0.25) is 4.57 Å². The average molecular weight is 399 g/mol. The zero-order valence-corrected chi connectivity index (χ0v) is 16.3. The second-order valence-electron chi connectivity index (χ2n) is 7.95. The summed E-state index contributed by atoms with van der Waals surface area (Å²) in [6, 6.07) is 10.2. The lowest BCUT2D eigenvalue weighted by atomic mass is 9.95. The smallest absolute Gasteiger partial charge is 0.167 e. The third-order valence-corrected chi connectivity index (χ3v) is 5.10. The van der Waals surface area contributed by atoms with Crippen LogP contribution in [0.3, 0.4) is 0 Å². The second kappa shape index (κ2) is 7.68. The maximum Gasteiger partial charge on any atom is 0.167 e. The first kappa shape index (κ1) is 19.7. The van der Waals surface area contributed by atoms with Gasteiger partial charge in [0.1, 0.15) is 24.6 Å². The minimum atomic E-state index is -1.20. The predicted octanol–water partition coefficient (Wildman–Crippen LogP) is 0.871. The highest BCUT2D eigenvalue weighted by Gasteiger charge is 2.44. The molecule has 0 saturated carbocycles. The normalized spacial score (nSPS) is 24.9. The fourth-order valence-electron chi connectivity index (χ4n) is 3.71. The number of aromatic nitrogens is 4. The molecular weight excluding hydrogens is 374 g/mol. The van der Waals surface area contributed by atoms with E-state index in [4.69, 9.17) is 4.74 Å². The third-order valence-electron chi connectivity index (χ3n) is 5.10. The topological polar surface area (TPSA) is 126 Å². The first-order valence-electron chi connectivity index (χ1n) is 9.52. The Hall–Kier alpha value is -2.59. The summed E-state index contributed by atoms with van der Waals surface area (Å²) in [4.78, 5) is 13.0. The average Bonchev–Trinajstić information content (AvgIpc) is 3.24. The molecule has 1 saturated heterocycles. The van der Waals surface area contributed by atoms with Crippen molar-refractivity contribution in [1.29, 1.82) is 0 Å². The van der Waals surface area contributed by atoms with Crippen molar-refractivity contribution in [1.82, 2.24) is 19.5 Å². The summed E-state index contributed by atoms with van der Waals surface area (Å²) >= 11 is 0. The molecule has 4 rings (SSSR count). The van der Waals surface area contributed by atoms with E-state index in [-0.39, 0.29) is 5.54 Å². The minimum absolute atomic E-state index is 0.298. The van der Waals surface area contributed by atoms with Gasteiger partial charge in [-0.1, -0.05) is 30.3 Å². The highest BCUT2D eigenvalue weighted by molar-refractivity contribution is 5.83. The Bertz CT molecular complexity index is 977. The van der Waals surface area contributed by atoms with Crippen molar-refractivity contribution in [2.45, 2.75) is 50.3 Å². The van der Waals surface area contributed by atoms with E-state index in [9.17, 15) is 15.3 Å². The fourth-order valence-corrected chi connectivity index (χ4v) is 3.71. The molecule has 2 aromatic heterocycles. The molecule has 9 nitrogen and oxygen atoms in total. The summed E-state index contributed by atoms with van der Waals surface area (Å²) in [7, 11) is 0. The molecule has 0 bridgehead atoms. The number of imidazole rings is 1. The number of nitrogens with zero attached hydrogens (tertiary/aromatic N) is 4. The molecule has 1 aliphatic heterocycles. The fraction of sp³-hybridized carbons (Fsp3) is 0.450. The molecule has 1 fully saturated rings. The van der Waals surface area contributed by atoms with Gasteiger partial charge in [0.15, 0.2) is 23.2 Å². The summed E-state index contributed by atoms with van der Waals surface area (Å²) in [6.45, 7) is 3.77. The van der Waals surface area contributed by atoms with Gasteiger partial charge in [-0.2, -0.15) is 0 Å². The first-order valence-corrected chi connectivity index (χ1v) is 9.52. The van der Waals surface area contributed by atoms with Gasteiger partial charge >= 0.3 is 0 Å². The van der Waals surface area contributed by atoms with Crippen molar-refractivity contribution in [2.24, 2.45) is 0 Å². The van der Waals surface area contributed by atoms with Gasteiger partial charge in [0.25, 0.3) is 0 Å². The van der Waals surface area contributed by atoms with Crippen molar-refractivity contribution in [3.05, 3.63) is 48.5 Å². The molecule has 4 N–H and O–H groups in total. The lowest BCUT2D eigenvalue weighted by Gasteiger charge is -2.27. The predicted molar refractivity (Wildman–Crippen MR) is 106 cm³/mol. The second-order valence-corrected chi connectivity index (χ2v) is 7.95. The zero-order chi connectivity index (χ0) is 20.6. The van der Waals surface area contributed by atoms with Crippen molar-refractivity contribution >= 4 is 17.0 Å². The van der Waals surface area contributed by atoms with E-state index in [1.54, 1.807) is 4.57 Å². The number of fused-ring (bicyclic) bond motifs is 1. The molecule has 0 radical (unpaired) electrons. The number of aliphatic hydroxyl groups excluding tert-OH is 3. The number of hydrogen-bond acceptors (Lipinski definition) is 8. The first-order chi connectivity index (χ1) is 13.9. The Kier molecular flexibility index (Phi) is 5.22. The Labute approximate surface area is 168 Å². The number of ether oxygens (including phenoxy) is 1. The van der Waals surface area contributed by atoms with Crippen molar-refractivity contribution in [3.63, 3.8) is 0 Å². The third kappa shape index (κ3) is 3.82. The summed E-state index contributed by atoms with van der Waals surface area (Å²) in [6.07, 6.45) is -0.451. The Balaban J connectivity index is 1.61. The molecular formula is C20H25N5O4. The quantitative estimate of drug-likeness (QED) is 0.481. The number of anilines is 1. The molecule has 3 aromatic rings. The minimum Gasteiger partial charge on any atom is -0.394 e. The summed E-state index contributed by atoms with van der Waals surface area (Å²) in [5, 5.41) is 33.1. The number of benzene rings is 1. The van der Waals surface area contributed by atoms with Gasteiger partial charge < -0.3 is 25.4 Å². The molecule has 154 valence electrons. The van der Waals surface area contributed by atoms with Crippen molar-refractivity contribution < 1.29 is 20.1 Å².